The average molecular weight is 452 g/mol. The van der Waals surface area contributed by atoms with Crippen LogP contribution < -0.4 is 11.0 Å². The Morgan fingerprint density at radius 3 is 2.74 bits per heavy atom. The van der Waals surface area contributed by atoms with Crippen LogP contribution in [0.5, 0.6) is 0 Å². The van der Waals surface area contributed by atoms with E-state index in [1.807, 2.05) is 11.3 Å². The van der Waals surface area contributed by atoms with E-state index < -0.39 is 38.9 Å². The van der Waals surface area contributed by atoms with Gasteiger partial charge < -0.3 is 25.6 Å². The number of ether oxygens (including phenoxy) is 1. The topological polar surface area (TPSA) is 187 Å². The number of rotatable bonds is 8. The Labute approximate surface area is 176 Å². The van der Waals surface area contributed by atoms with Gasteiger partial charge in [-0.3, -0.25) is 13.9 Å². The van der Waals surface area contributed by atoms with E-state index in [-0.39, 0.29) is 12.4 Å². The molecule has 14 heteroatoms. The van der Waals surface area contributed by atoms with Crippen molar-refractivity contribution in [3.63, 3.8) is 0 Å². The van der Waals surface area contributed by atoms with Crippen LogP contribution in [0.4, 0.5) is 5.82 Å². The number of benzene rings is 1. The van der Waals surface area contributed by atoms with Gasteiger partial charge in [-0.2, -0.15) is 0 Å². The Hall–Kier alpha value is -2.48. The van der Waals surface area contributed by atoms with E-state index in [0.717, 1.165) is 5.56 Å². The van der Waals surface area contributed by atoms with Crippen molar-refractivity contribution in [1.29, 1.82) is 0 Å². The van der Waals surface area contributed by atoms with Gasteiger partial charge in [-0.15, -0.1) is 5.25 Å². The second kappa shape index (κ2) is 8.94. The number of nitrogen functional groups attached to an aromatic ring is 1. The average Bonchev–Trinajstić information content (AvgIpc) is 3.30. The fraction of sp³-hybridized carbons (Fsp3) is 0.353. The molecule has 166 valence electrons. The molecule has 3 aromatic rings. The minimum absolute atomic E-state index is 0.0385. The van der Waals surface area contributed by atoms with Crippen LogP contribution in [-0.2, 0) is 25.3 Å². The van der Waals surface area contributed by atoms with Gasteiger partial charge in [-0.05, 0) is 5.56 Å². The molecule has 31 heavy (non-hydrogen) atoms. The second-order valence-corrected chi connectivity index (χ2v) is 8.29. The molecule has 0 aliphatic carbocycles. The molecular weight excluding hydrogens is 431 g/mol. The van der Waals surface area contributed by atoms with Crippen molar-refractivity contribution in [2.75, 3.05) is 12.3 Å². The lowest BCUT2D eigenvalue weighted by atomic mass is 10.1. The smallest absolute Gasteiger partial charge is 0.387 e. The summed E-state index contributed by atoms with van der Waals surface area (Å²) >= 11 is 0. The first-order chi connectivity index (χ1) is 14.9. The highest BCUT2D eigenvalue weighted by Crippen LogP contribution is 2.39. The second-order valence-electron chi connectivity index (χ2n) is 6.81. The van der Waals surface area contributed by atoms with Crippen molar-refractivity contribution in [2.24, 2.45) is 0 Å². The van der Waals surface area contributed by atoms with Crippen LogP contribution in [0, 0.1) is 0 Å². The summed E-state index contributed by atoms with van der Waals surface area (Å²) in [4.78, 5) is 26.9. The first-order valence-electron chi connectivity index (χ1n) is 9.20. The van der Waals surface area contributed by atoms with E-state index in [4.69, 9.17) is 19.8 Å². The molecule has 5 atom stereocenters. The van der Waals surface area contributed by atoms with Crippen molar-refractivity contribution < 1.29 is 33.8 Å². The van der Waals surface area contributed by atoms with Gasteiger partial charge in [-0.1, -0.05) is 30.3 Å². The maximum Gasteiger partial charge on any atom is 0.426 e. The lowest BCUT2D eigenvalue weighted by Gasteiger charge is -2.18. The van der Waals surface area contributed by atoms with Crippen molar-refractivity contribution in [2.45, 2.75) is 31.1 Å². The number of nitrogens with one attached hydrogen (secondary N) is 1. The van der Waals surface area contributed by atoms with Crippen molar-refractivity contribution >= 4 is 24.7 Å². The summed E-state index contributed by atoms with van der Waals surface area (Å²) in [5.41, 5.74) is 7.15. The van der Waals surface area contributed by atoms with Gasteiger partial charge >= 0.3 is 7.75 Å². The van der Waals surface area contributed by atoms with E-state index in [9.17, 15) is 19.7 Å². The lowest BCUT2D eigenvalue weighted by molar-refractivity contribution is -0.0509. The molecule has 1 aliphatic rings. The van der Waals surface area contributed by atoms with E-state index in [1.54, 1.807) is 24.3 Å². The fourth-order valence-corrected chi connectivity index (χ4v) is 3.75. The van der Waals surface area contributed by atoms with Gasteiger partial charge in [0.25, 0.3) is 0 Å². The van der Waals surface area contributed by atoms with Crippen molar-refractivity contribution in [1.82, 2.24) is 24.8 Å². The molecule has 1 saturated heterocycles. The highest BCUT2D eigenvalue weighted by atomic mass is 31.2. The van der Waals surface area contributed by atoms with Gasteiger partial charge in [-0.25, -0.2) is 19.5 Å². The monoisotopic (exact) mass is 452 g/mol. The number of anilines is 1. The number of aromatic nitrogens is 4. The Balaban J connectivity index is 1.35. The van der Waals surface area contributed by atoms with Gasteiger partial charge in [0.1, 0.15) is 30.2 Å². The minimum Gasteiger partial charge on any atom is -0.387 e. The number of aliphatic hydroxyl groups excluding tert-OH is 2. The van der Waals surface area contributed by atoms with Crippen LogP contribution in [0.2, 0.25) is 0 Å². The summed E-state index contributed by atoms with van der Waals surface area (Å²) in [7, 11) is -4.35. The standard InChI is InChI=1S/C17H21N6O7P/c18-15-12-16(20-8-19-15)23(9-21-12)17-14(25)13(24)11(30-17)7-29-31(26,27)22-28-6-10-4-2-1-3-5-10/h1-5,8-9,11,13-14,17,24-25H,6-7H2,(H2,18,19,20)(H2,22,26,27)/t11-,13-,14-,17-/m1/s1. The Morgan fingerprint density at radius 2 is 1.97 bits per heavy atom. The van der Waals surface area contributed by atoms with Crippen LogP contribution in [0.1, 0.15) is 11.8 Å². The third-order valence-electron chi connectivity index (χ3n) is 4.67. The van der Waals surface area contributed by atoms with Gasteiger partial charge in [0.05, 0.1) is 19.5 Å². The largest absolute Gasteiger partial charge is 0.426 e. The fourth-order valence-electron chi connectivity index (χ4n) is 3.13. The quantitative estimate of drug-likeness (QED) is 0.225. The molecule has 0 bridgehead atoms. The molecule has 0 spiro atoms. The maximum atomic E-state index is 12.1. The van der Waals surface area contributed by atoms with Crippen LogP contribution in [-0.4, -0.2) is 59.5 Å². The molecule has 4 rings (SSSR count). The van der Waals surface area contributed by atoms with Crippen LogP contribution in [0.25, 0.3) is 11.2 Å². The van der Waals surface area contributed by atoms with E-state index in [2.05, 4.69) is 15.0 Å². The summed E-state index contributed by atoms with van der Waals surface area (Å²) in [5, 5.41) is 22.7. The Bertz CT molecular complexity index is 1080. The number of hydrogen-bond acceptors (Lipinski definition) is 10. The molecule has 13 nitrogen and oxygen atoms in total. The SMILES string of the molecule is Nc1ncnc2c1ncn2[C@@H]1O[C@H](COP(=O)(O)NOCc2ccccc2)[C@@H](O)[C@H]1O. The van der Waals surface area contributed by atoms with E-state index >= 15 is 0 Å². The third kappa shape index (κ3) is 4.74. The van der Waals surface area contributed by atoms with E-state index in [0.29, 0.717) is 11.2 Å². The zero-order chi connectivity index (χ0) is 22.0. The number of fused-ring (bicyclic) bond motifs is 1. The Kier molecular flexibility index (Phi) is 6.27. The number of nitrogens with two attached hydrogens (primary N) is 1. The molecule has 2 aromatic heterocycles. The molecular formula is C17H21N6O7P. The first kappa shape index (κ1) is 21.7. The molecule has 0 radical (unpaired) electrons. The highest BCUT2D eigenvalue weighted by Gasteiger charge is 2.45. The number of hydrogen-bond donors (Lipinski definition) is 5. The maximum absolute atomic E-state index is 12.1. The molecule has 1 aliphatic heterocycles. The van der Waals surface area contributed by atoms with Crippen molar-refractivity contribution in [3.8, 4) is 0 Å². The van der Waals surface area contributed by atoms with Crippen LogP contribution >= 0.6 is 7.75 Å². The predicted molar refractivity (Wildman–Crippen MR) is 106 cm³/mol. The summed E-state index contributed by atoms with van der Waals surface area (Å²) < 4.78 is 24.1. The molecule has 1 aromatic carbocycles. The zero-order valence-electron chi connectivity index (χ0n) is 16.1. The Morgan fingerprint density at radius 1 is 1.19 bits per heavy atom. The normalized spacial score (nSPS) is 25.6. The number of imidazole rings is 1. The summed E-state index contributed by atoms with van der Waals surface area (Å²) in [6.45, 7) is -0.454. The van der Waals surface area contributed by atoms with Crippen LogP contribution in [0.15, 0.2) is 43.0 Å². The summed E-state index contributed by atoms with van der Waals surface area (Å²) in [5.74, 6) is 0.152. The van der Waals surface area contributed by atoms with E-state index in [1.165, 1.54) is 17.2 Å². The lowest BCUT2D eigenvalue weighted by Crippen LogP contribution is -2.34. The summed E-state index contributed by atoms with van der Waals surface area (Å²) in [6, 6.07) is 9.01. The van der Waals surface area contributed by atoms with Gasteiger partial charge in [0.2, 0.25) is 0 Å². The highest BCUT2D eigenvalue weighted by molar-refractivity contribution is 7.50. The first-order valence-corrected chi connectivity index (χ1v) is 10.8. The van der Waals surface area contributed by atoms with Gasteiger partial charge in [0, 0.05) is 0 Å². The molecule has 6 N–H and O–H groups in total. The molecule has 1 unspecified atom stereocenters. The van der Waals surface area contributed by atoms with Crippen molar-refractivity contribution in [3.05, 3.63) is 48.5 Å². The third-order valence-corrected chi connectivity index (χ3v) is 5.53. The minimum atomic E-state index is -4.35. The summed E-state index contributed by atoms with van der Waals surface area (Å²) in [6.07, 6.45) is -2.36. The number of aliphatic hydroxyl groups is 2. The zero-order valence-corrected chi connectivity index (χ0v) is 16.9. The van der Waals surface area contributed by atoms with Gasteiger partial charge in [0.15, 0.2) is 17.7 Å². The molecule has 0 amide bonds. The molecule has 1 fully saturated rings. The molecule has 0 saturated carbocycles. The van der Waals surface area contributed by atoms with Crippen LogP contribution in [0.3, 0.4) is 0 Å². The molecule has 3 heterocycles. The predicted octanol–water partition coefficient (Wildman–Crippen LogP) is -0.134. The number of nitrogens with zero attached hydrogens (tertiary/aromatic N) is 4.